The van der Waals surface area contributed by atoms with Crippen molar-refractivity contribution in [2.24, 2.45) is 0 Å². The SMILES string of the molecule is C=CCCC[C@@](C)(NC(C)C)C(C)=O. The third-order valence-corrected chi connectivity index (χ3v) is 2.47. The van der Waals surface area contributed by atoms with E-state index in [0.717, 1.165) is 19.3 Å². The number of ketones is 1. The lowest BCUT2D eigenvalue weighted by Crippen LogP contribution is -2.51. The molecule has 0 bridgehead atoms. The van der Waals surface area contributed by atoms with Crippen LogP contribution in [0, 0.1) is 0 Å². The van der Waals surface area contributed by atoms with Crippen LogP contribution in [0.25, 0.3) is 0 Å². The number of Topliss-reactive ketones (excluding diaryl/α,β-unsaturated/α-hetero) is 1. The summed E-state index contributed by atoms with van der Waals surface area (Å²) in [6.07, 6.45) is 4.77. The van der Waals surface area contributed by atoms with E-state index in [9.17, 15) is 4.79 Å². The van der Waals surface area contributed by atoms with Gasteiger partial charge in [-0.15, -0.1) is 6.58 Å². The zero-order chi connectivity index (χ0) is 11.2. The van der Waals surface area contributed by atoms with Gasteiger partial charge < -0.3 is 5.32 Å². The lowest BCUT2D eigenvalue weighted by molar-refractivity contribution is -0.123. The minimum absolute atomic E-state index is 0.218. The van der Waals surface area contributed by atoms with Gasteiger partial charge in [0.2, 0.25) is 0 Å². The van der Waals surface area contributed by atoms with Crippen molar-refractivity contribution in [1.82, 2.24) is 5.32 Å². The standard InChI is InChI=1S/C12H23NO/c1-6-7-8-9-12(5,11(4)14)13-10(2)3/h6,10,13H,1,7-9H2,2-5H3/t12-/m1/s1. The molecule has 0 aromatic heterocycles. The van der Waals surface area contributed by atoms with Crippen molar-refractivity contribution in [3.05, 3.63) is 12.7 Å². The number of unbranched alkanes of at least 4 members (excludes halogenated alkanes) is 1. The lowest BCUT2D eigenvalue weighted by Gasteiger charge is -2.30. The van der Waals surface area contributed by atoms with Crippen LogP contribution < -0.4 is 5.32 Å². The molecule has 0 rings (SSSR count). The molecule has 0 saturated heterocycles. The number of carbonyl (C=O) groups excluding carboxylic acids is 1. The summed E-state index contributed by atoms with van der Waals surface area (Å²) in [5, 5.41) is 3.33. The lowest BCUT2D eigenvalue weighted by atomic mass is 9.90. The van der Waals surface area contributed by atoms with Crippen molar-refractivity contribution in [1.29, 1.82) is 0 Å². The summed E-state index contributed by atoms with van der Waals surface area (Å²) in [6.45, 7) is 11.4. The van der Waals surface area contributed by atoms with E-state index in [0.29, 0.717) is 6.04 Å². The molecule has 0 aromatic rings. The summed E-state index contributed by atoms with van der Waals surface area (Å²) in [5.41, 5.74) is -0.364. The first-order chi connectivity index (χ1) is 6.42. The van der Waals surface area contributed by atoms with Gasteiger partial charge in [0.15, 0.2) is 0 Å². The molecule has 2 nitrogen and oxygen atoms in total. The predicted octanol–water partition coefficient (Wildman–Crippen LogP) is 2.69. The number of carbonyl (C=O) groups is 1. The molecular formula is C12H23NO. The molecule has 0 radical (unpaired) electrons. The highest BCUT2D eigenvalue weighted by atomic mass is 16.1. The van der Waals surface area contributed by atoms with Gasteiger partial charge in [0.25, 0.3) is 0 Å². The molecule has 0 saturated carbocycles. The number of rotatable bonds is 7. The third kappa shape index (κ3) is 4.56. The molecule has 0 unspecified atom stereocenters. The molecule has 0 aliphatic carbocycles. The van der Waals surface area contributed by atoms with E-state index in [1.54, 1.807) is 6.92 Å². The summed E-state index contributed by atoms with van der Waals surface area (Å²) in [6, 6.07) is 0.340. The average molecular weight is 197 g/mol. The fourth-order valence-electron chi connectivity index (χ4n) is 1.59. The zero-order valence-corrected chi connectivity index (χ0v) is 9.89. The smallest absolute Gasteiger partial charge is 0.149 e. The van der Waals surface area contributed by atoms with Crippen LogP contribution in [0.4, 0.5) is 0 Å². The Kier molecular flexibility index (Phi) is 5.70. The first kappa shape index (κ1) is 13.4. The Morgan fingerprint density at radius 1 is 1.57 bits per heavy atom. The third-order valence-electron chi connectivity index (χ3n) is 2.47. The van der Waals surface area contributed by atoms with Crippen LogP contribution in [0.15, 0.2) is 12.7 Å². The Balaban J connectivity index is 4.24. The summed E-state index contributed by atoms with van der Waals surface area (Å²) in [5.74, 6) is 0.218. The fourth-order valence-corrected chi connectivity index (χ4v) is 1.59. The van der Waals surface area contributed by atoms with E-state index in [1.165, 1.54) is 0 Å². The normalized spacial score (nSPS) is 15.2. The van der Waals surface area contributed by atoms with Crippen LogP contribution in [0.3, 0.4) is 0 Å². The molecule has 0 fully saturated rings. The molecule has 0 amide bonds. The summed E-state index contributed by atoms with van der Waals surface area (Å²) >= 11 is 0. The second-order valence-electron chi connectivity index (χ2n) is 4.37. The van der Waals surface area contributed by atoms with E-state index < -0.39 is 0 Å². The van der Waals surface area contributed by atoms with Gasteiger partial charge in [-0.25, -0.2) is 0 Å². The molecule has 0 aliphatic heterocycles. The molecule has 0 spiro atoms. The number of allylic oxidation sites excluding steroid dienone is 1. The van der Waals surface area contributed by atoms with E-state index in [-0.39, 0.29) is 11.3 Å². The molecular weight excluding hydrogens is 174 g/mol. The Labute approximate surface area is 87.8 Å². The van der Waals surface area contributed by atoms with E-state index in [4.69, 9.17) is 0 Å². The topological polar surface area (TPSA) is 29.1 Å². The summed E-state index contributed by atoms with van der Waals surface area (Å²) < 4.78 is 0. The number of hydrogen-bond donors (Lipinski definition) is 1. The van der Waals surface area contributed by atoms with Gasteiger partial charge in [0, 0.05) is 6.04 Å². The van der Waals surface area contributed by atoms with Gasteiger partial charge in [-0.3, -0.25) is 4.79 Å². The highest BCUT2D eigenvalue weighted by Crippen LogP contribution is 2.16. The Hall–Kier alpha value is -0.630. The number of hydrogen-bond acceptors (Lipinski definition) is 2. The molecule has 0 heterocycles. The van der Waals surface area contributed by atoms with Crippen molar-refractivity contribution in [3.8, 4) is 0 Å². The van der Waals surface area contributed by atoms with Gasteiger partial charge in [0.1, 0.15) is 5.78 Å². The van der Waals surface area contributed by atoms with Gasteiger partial charge in [0.05, 0.1) is 5.54 Å². The molecule has 1 atom stereocenters. The second-order valence-corrected chi connectivity index (χ2v) is 4.37. The summed E-state index contributed by atoms with van der Waals surface area (Å²) in [4.78, 5) is 11.5. The Morgan fingerprint density at radius 3 is 2.50 bits per heavy atom. The van der Waals surface area contributed by atoms with E-state index in [2.05, 4.69) is 25.7 Å². The van der Waals surface area contributed by atoms with Gasteiger partial charge in [-0.05, 0) is 47.0 Å². The Bertz CT molecular complexity index is 198. The number of nitrogens with one attached hydrogen (secondary N) is 1. The first-order valence-corrected chi connectivity index (χ1v) is 5.32. The predicted molar refractivity (Wildman–Crippen MR) is 61.4 cm³/mol. The van der Waals surface area contributed by atoms with Crippen LogP contribution in [-0.2, 0) is 4.79 Å². The molecule has 2 heteroatoms. The van der Waals surface area contributed by atoms with Crippen LogP contribution >= 0.6 is 0 Å². The van der Waals surface area contributed by atoms with Crippen LogP contribution in [0.1, 0.15) is 47.0 Å². The van der Waals surface area contributed by atoms with Gasteiger partial charge in [-0.2, -0.15) is 0 Å². The maximum atomic E-state index is 11.5. The van der Waals surface area contributed by atoms with E-state index in [1.807, 2.05) is 13.0 Å². The molecule has 82 valence electrons. The van der Waals surface area contributed by atoms with Crippen LogP contribution in [0.5, 0.6) is 0 Å². The zero-order valence-electron chi connectivity index (χ0n) is 9.89. The van der Waals surface area contributed by atoms with Gasteiger partial charge in [-0.1, -0.05) is 6.08 Å². The largest absolute Gasteiger partial charge is 0.303 e. The molecule has 0 aliphatic rings. The highest BCUT2D eigenvalue weighted by Gasteiger charge is 2.28. The second kappa shape index (κ2) is 5.97. The minimum Gasteiger partial charge on any atom is -0.303 e. The van der Waals surface area contributed by atoms with Crippen molar-refractivity contribution in [2.75, 3.05) is 0 Å². The summed E-state index contributed by atoms with van der Waals surface area (Å²) in [7, 11) is 0. The first-order valence-electron chi connectivity index (χ1n) is 5.32. The molecule has 0 aromatic carbocycles. The average Bonchev–Trinajstić information content (AvgIpc) is 2.03. The minimum atomic E-state index is -0.364. The molecule has 1 N–H and O–H groups in total. The fraction of sp³-hybridized carbons (Fsp3) is 0.750. The van der Waals surface area contributed by atoms with Crippen molar-refractivity contribution >= 4 is 5.78 Å². The van der Waals surface area contributed by atoms with Crippen molar-refractivity contribution in [2.45, 2.75) is 58.5 Å². The van der Waals surface area contributed by atoms with Crippen LogP contribution in [0.2, 0.25) is 0 Å². The van der Waals surface area contributed by atoms with E-state index >= 15 is 0 Å². The maximum absolute atomic E-state index is 11.5. The van der Waals surface area contributed by atoms with Crippen LogP contribution in [-0.4, -0.2) is 17.4 Å². The van der Waals surface area contributed by atoms with Crippen molar-refractivity contribution in [3.63, 3.8) is 0 Å². The maximum Gasteiger partial charge on any atom is 0.149 e. The monoisotopic (exact) mass is 197 g/mol. The highest BCUT2D eigenvalue weighted by molar-refractivity contribution is 5.85. The Morgan fingerprint density at radius 2 is 2.14 bits per heavy atom. The quantitative estimate of drug-likeness (QED) is 0.502. The van der Waals surface area contributed by atoms with Gasteiger partial charge >= 0.3 is 0 Å². The molecule has 14 heavy (non-hydrogen) atoms. The van der Waals surface area contributed by atoms with Crippen molar-refractivity contribution < 1.29 is 4.79 Å².